The van der Waals surface area contributed by atoms with Gasteiger partial charge in [-0.25, -0.2) is 0 Å². The van der Waals surface area contributed by atoms with Gasteiger partial charge in [-0.15, -0.1) is 0 Å². The van der Waals surface area contributed by atoms with E-state index in [0.717, 1.165) is 18.5 Å². The molecule has 2 aliphatic rings. The van der Waals surface area contributed by atoms with Crippen molar-refractivity contribution in [3.8, 4) is 0 Å². The number of hydrogen-bond donors (Lipinski definition) is 1. The van der Waals surface area contributed by atoms with Gasteiger partial charge in [0, 0.05) is 12.1 Å². The van der Waals surface area contributed by atoms with Crippen LogP contribution in [0.15, 0.2) is 0 Å². The zero-order valence-corrected chi connectivity index (χ0v) is 10.9. The molecule has 1 aliphatic carbocycles. The molecule has 1 N–H and O–H groups in total. The van der Waals surface area contributed by atoms with Crippen LogP contribution in [0.5, 0.6) is 0 Å². The van der Waals surface area contributed by atoms with Gasteiger partial charge < -0.3 is 5.11 Å². The van der Waals surface area contributed by atoms with Gasteiger partial charge in [-0.05, 0) is 57.9 Å². The molecule has 2 heteroatoms. The first-order valence-electron chi connectivity index (χ1n) is 7.16. The Morgan fingerprint density at radius 3 is 2.62 bits per heavy atom. The second-order valence-electron chi connectivity index (χ2n) is 5.77. The molecule has 1 saturated carbocycles. The van der Waals surface area contributed by atoms with Crippen LogP contribution >= 0.6 is 0 Å². The summed E-state index contributed by atoms with van der Waals surface area (Å²) in [4.78, 5) is 2.69. The fourth-order valence-corrected chi connectivity index (χ4v) is 3.64. The minimum absolute atomic E-state index is 0.00187. The third kappa shape index (κ3) is 2.60. The maximum Gasteiger partial charge on any atom is 0.0568 e. The lowest BCUT2D eigenvalue weighted by atomic mass is 10.0. The highest BCUT2D eigenvalue weighted by Gasteiger charge is 2.31. The van der Waals surface area contributed by atoms with Crippen molar-refractivity contribution < 1.29 is 5.11 Å². The predicted octanol–water partition coefficient (Wildman–Crippen LogP) is 2.80. The topological polar surface area (TPSA) is 23.5 Å². The summed E-state index contributed by atoms with van der Waals surface area (Å²) < 4.78 is 0. The van der Waals surface area contributed by atoms with Crippen molar-refractivity contribution in [1.82, 2.24) is 4.90 Å². The molecule has 1 aliphatic heterocycles. The van der Waals surface area contributed by atoms with Gasteiger partial charge in [-0.3, -0.25) is 4.90 Å². The number of hydrogen-bond acceptors (Lipinski definition) is 2. The molecular weight excluding hydrogens is 198 g/mol. The maximum absolute atomic E-state index is 9.83. The number of aliphatic hydroxyl groups excluding tert-OH is 1. The number of aliphatic hydroxyl groups is 1. The van der Waals surface area contributed by atoms with E-state index in [1.807, 2.05) is 0 Å². The molecule has 0 spiro atoms. The van der Waals surface area contributed by atoms with E-state index in [2.05, 4.69) is 18.7 Å². The van der Waals surface area contributed by atoms with Crippen LogP contribution in [-0.4, -0.2) is 34.7 Å². The Morgan fingerprint density at radius 2 is 2.00 bits per heavy atom. The summed E-state index contributed by atoms with van der Waals surface area (Å²) >= 11 is 0. The summed E-state index contributed by atoms with van der Waals surface area (Å²) in [6.07, 6.45) is 8.77. The van der Waals surface area contributed by atoms with Gasteiger partial charge >= 0.3 is 0 Å². The zero-order chi connectivity index (χ0) is 11.5. The highest BCUT2D eigenvalue weighted by atomic mass is 16.3. The first kappa shape index (κ1) is 12.4. The lowest BCUT2D eigenvalue weighted by Gasteiger charge is -2.29. The lowest BCUT2D eigenvalue weighted by Crippen LogP contribution is -2.36. The molecule has 0 aromatic rings. The SMILES string of the molecule is CCC1CCC(C)N1CCC1CCCC1O. The fourth-order valence-electron chi connectivity index (χ4n) is 3.64. The second kappa shape index (κ2) is 5.50. The van der Waals surface area contributed by atoms with E-state index in [9.17, 15) is 5.11 Å². The molecule has 0 bridgehead atoms. The van der Waals surface area contributed by atoms with Crippen molar-refractivity contribution in [2.45, 2.75) is 77.0 Å². The van der Waals surface area contributed by atoms with Crippen molar-refractivity contribution >= 4 is 0 Å². The van der Waals surface area contributed by atoms with Crippen molar-refractivity contribution in [1.29, 1.82) is 0 Å². The van der Waals surface area contributed by atoms with Gasteiger partial charge in [0.25, 0.3) is 0 Å². The zero-order valence-electron chi connectivity index (χ0n) is 10.9. The highest BCUT2D eigenvalue weighted by molar-refractivity contribution is 4.86. The first-order valence-corrected chi connectivity index (χ1v) is 7.16. The lowest BCUT2D eigenvalue weighted by molar-refractivity contribution is 0.109. The summed E-state index contributed by atoms with van der Waals surface area (Å²) in [5.41, 5.74) is 0. The molecule has 2 nitrogen and oxygen atoms in total. The van der Waals surface area contributed by atoms with Crippen LogP contribution in [0.3, 0.4) is 0 Å². The second-order valence-corrected chi connectivity index (χ2v) is 5.77. The minimum atomic E-state index is -0.00187. The van der Waals surface area contributed by atoms with E-state index in [-0.39, 0.29) is 6.10 Å². The Kier molecular flexibility index (Phi) is 4.26. The van der Waals surface area contributed by atoms with Gasteiger partial charge in [0.15, 0.2) is 0 Å². The molecule has 1 saturated heterocycles. The summed E-state index contributed by atoms with van der Waals surface area (Å²) in [7, 11) is 0. The van der Waals surface area contributed by atoms with Crippen LogP contribution in [0, 0.1) is 5.92 Å². The van der Waals surface area contributed by atoms with E-state index in [1.54, 1.807) is 0 Å². The molecule has 2 fully saturated rings. The molecule has 2 rings (SSSR count). The van der Waals surface area contributed by atoms with Crippen LogP contribution in [0.25, 0.3) is 0 Å². The fraction of sp³-hybridized carbons (Fsp3) is 1.00. The molecule has 0 radical (unpaired) electrons. The molecule has 94 valence electrons. The number of likely N-dealkylation sites (tertiary alicyclic amines) is 1. The Morgan fingerprint density at radius 1 is 1.19 bits per heavy atom. The molecule has 1 heterocycles. The third-order valence-corrected chi connectivity index (χ3v) is 4.80. The summed E-state index contributed by atoms with van der Waals surface area (Å²) in [5, 5.41) is 9.83. The van der Waals surface area contributed by atoms with Crippen LogP contribution in [0.1, 0.15) is 58.8 Å². The normalized spacial score (nSPS) is 40.7. The standard InChI is InChI=1S/C14H27NO/c1-3-13-8-7-11(2)15(13)10-9-12-5-4-6-14(12)16/h11-14,16H,3-10H2,1-2H3. The summed E-state index contributed by atoms with van der Waals surface area (Å²) in [6, 6.07) is 1.58. The van der Waals surface area contributed by atoms with E-state index in [4.69, 9.17) is 0 Å². The van der Waals surface area contributed by atoms with Crippen LogP contribution in [0.2, 0.25) is 0 Å². The summed E-state index contributed by atoms with van der Waals surface area (Å²) in [5.74, 6) is 0.588. The van der Waals surface area contributed by atoms with E-state index < -0.39 is 0 Å². The van der Waals surface area contributed by atoms with Gasteiger partial charge in [0.1, 0.15) is 0 Å². The third-order valence-electron chi connectivity index (χ3n) is 4.80. The molecule has 0 aromatic heterocycles. The van der Waals surface area contributed by atoms with Gasteiger partial charge in [0.05, 0.1) is 6.10 Å². The van der Waals surface area contributed by atoms with Crippen molar-refractivity contribution in [3.05, 3.63) is 0 Å². The Balaban J connectivity index is 1.79. The summed E-state index contributed by atoms with van der Waals surface area (Å²) in [6.45, 7) is 5.88. The number of nitrogens with zero attached hydrogens (tertiary/aromatic N) is 1. The van der Waals surface area contributed by atoms with Crippen molar-refractivity contribution in [2.24, 2.45) is 5.92 Å². The van der Waals surface area contributed by atoms with E-state index in [0.29, 0.717) is 5.92 Å². The van der Waals surface area contributed by atoms with Gasteiger partial charge in [-0.2, -0.15) is 0 Å². The monoisotopic (exact) mass is 225 g/mol. The highest BCUT2D eigenvalue weighted by Crippen LogP contribution is 2.31. The van der Waals surface area contributed by atoms with Crippen LogP contribution < -0.4 is 0 Å². The molecule has 0 aromatic carbocycles. The van der Waals surface area contributed by atoms with E-state index in [1.165, 1.54) is 45.1 Å². The van der Waals surface area contributed by atoms with Gasteiger partial charge in [-0.1, -0.05) is 13.3 Å². The Bertz CT molecular complexity index is 219. The van der Waals surface area contributed by atoms with Crippen LogP contribution in [0.4, 0.5) is 0 Å². The average Bonchev–Trinajstić information content (AvgIpc) is 2.82. The van der Waals surface area contributed by atoms with E-state index >= 15 is 0 Å². The first-order chi connectivity index (χ1) is 7.72. The quantitative estimate of drug-likeness (QED) is 0.795. The smallest absolute Gasteiger partial charge is 0.0568 e. The van der Waals surface area contributed by atoms with Crippen molar-refractivity contribution in [2.75, 3.05) is 6.54 Å². The molecular formula is C14H27NO. The Hall–Kier alpha value is -0.0800. The van der Waals surface area contributed by atoms with Crippen molar-refractivity contribution in [3.63, 3.8) is 0 Å². The molecule has 16 heavy (non-hydrogen) atoms. The average molecular weight is 225 g/mol. The largest absolute Gasteiger partial charge is 0.393 e. The maximum atomic E-state index is 9.83. The van der Waals surface area contributed by atoms with Crippen LogP contribution in [-0.2, 0) is 0 Å². The number of rotatable bonds is 4. The van der Waals surface area contributed by atoms with Gasteiger partial charge in [0.2, 0.25) is 0 Å². The molecule has 4 unspecified atom stereocenters. The predicted molar refractivity (Wildman–Crippen MR) is 67.4 cm³/mol. The minimum Gasteiger partial charge on any atom is -0.393 e. The molecule has 0 amide bonds. The Labute approximate surface area is 100 Å². The molecule has 4 atom stereocenters.